The number of para-hydroxylation sites is 1. The Bertz CT molecular complexity index is 1510. The molecule has 1 aliphatic carbocycles. The fourth-order valence-electron chi connectivity index (χ4n) is 5.24. The average Bonchev–Trinajstić information content (AvgIpc) is 3.51. The maximum atomic E-state index is 13.5. The molecule has 6 rings (SSSR count). The molecule has 0 unspecified atom stereocenters. The zero-order valence-corrected chi connectivity index (χ0v) is 20.2. The van der Waals surface area contributed by atoms with E-state index in [1.807, 2.05) is 84.9 Å². The van der Waals surface area contributed by atoms with Crippen LogP contribution in [0.4, 0.5) is 4.79 Å². The normalized spacial score (nSPS) is 13.1. The van der Waals surface area contributed by atoms with E-state index in [0.717, 1.165) is 27.6 Å². The third-order valence-electron chi connectivity index (χ3n) is 7.03. The maximum absolute atomic E-state index is 13.5. The van der Waals surface area contributed by atoms with Crippen LogP contribution < -0.4 is 5.32 Å². The molecule has 0 bridgehead atoms. The molecule has 1 aromatic heterocycles. The van der Waals surface area contributed by atoms with Crippen LogP contribution in [0.3, 0.4) is 0 Å². The van der Waals surface area contributed by atoms with Gasteiger partial charge in [-0.2, -0.15) is 0 Å². The summed E-state index contributed by atoms with van der Waals surface area (Å²) in [6.07, 6.45) is -0.244. The number of aromatic nitrogens is 1. The summed E-state index contributed by atoms with van der Waals surface area (Å²) >= 11 is 0. The summed E-state index contributed by atoms with van der Waals surface area (Å²) in [6, 6.07) is 34.9. The number of carbonyl (C=O) groups is 2. The van der Waals surface area contributed by atoms with E-state index < -0.39 is 12.1 Å². The highest BCUT2D eigenvalue weighted by atomic mass is 16.5. The number of nitrogens with one attached hydrogen (secondary N) is 2. The summed E-state index contributed by atoms with van der Waals surface area (Å²) < 4.78 is 5.74. The lowest BCUT2D eigenvalue weighted by atomic mass is 9.98. The second kappa shape index (κ2) is 9.78. The average molecular weight is 487 g/mol. The zero-order chi connectivity index (χ0) is 25.2. The molecule has 5 nitrogen and oxygen atoms in total. The molecule has 37 heavy (non-hydrogen) atoms. The summed E-state index contributed by atoms with van der Waals surface area (Å²) in [5, 5.41) is 3.80. The second-order valence-electron chi connectivity index (χ2n) is 9.35. The lowest BCUT2D eigenvalue weighted by Gasteiger charge is -2.19. The number of ketones is 1. The third kappa shape index (κ3) is 4.52. The van der Waals surface area contributed by atoms with Crippen molar-refractivity contribution in [3.63, 3.8) is 0 Å². The number of benzene rings is 4. The molecule has 5 heteroatoms. The molecule has 0 spiro atoms. The number of aromatic amines is 1. The van der Waals surface area contributed by atoms with Crippen molar-refractivity contribution < 1.29 is 14.3 Å². The molecular weight excluding hydrogens is 460 g/mol. The van der Waals surface area contributed by atoms with Gasteiger partial charge < -0.3 is 15.0 Å². The Balaban J connectivity index is 1.21. The fourth-order valence-corrected chi connectivity index (χ4v) is 5.24. The van der Waals surface area contributed by atoms with Crippen LogP contribution in [0.15, 0.2) is 109 Å². The molecule has 0 saturated carbocycles. The molecule has 0 aliphatic heterocycles. The Morgan fingerprint density at radius 3 is 2.11 bits per heavy atom. The predicted octanol–water partition coefficient (Wildman–Crippen LogP) is 6.50. The molecule has 4 aromatic carbocycles. The topological polar surface area (TPSA) is 71.2 Å². The monoisotopic (exact) mass is 486 g/mol. The molecule has 0 fully saturated rings. The Labute approximate surface area is 215 Å². The van der Waals surface area contributed by atoms with E-state index in [1.165, 1.54) is 11.1 Å². The van der Waals surface area contributed by atoms with Crippen molar-refractivity contribution in [3.8, 4) is 11.1 Å². The van der Waals surface area contributed by atoms with E-state index >= 15 is 0 Å². The Kier molecular flexibility index (Phi) is 6.03. The van der Waals surface area contributed by atoms with Gasteiger partial charge in [0.25, 0.3) is 0 Å². The van der Waals surface area contributed by atoms with Crippen molar-refractivity contribution in [2.75, 3.05) is 6.61 Å². The minimum Gasteiger partial charge on any atom is -0.449 e. The van der Waals surface area contributed by atoms with Gasteiger partial charge in [-0.25, -0.2) is 4.79 Å². The first kappa shape index (κ1) is 22.8. The predicted molar refractivity (Wildman–Crippen MR) is 145 cm³/mol. The number of alkyl carbamates (subject to hydrolysis) is 1. The molecule has 182 valence electrons. The van der Waals surface area contributed by atoms with Crippen LogP contribution in [0.5, 0.6) is 0 Å². The van der Waals surface area contributed by atoms with Crippen molar-refractivity contribution in [2.24, 2.45) is 0 Å². The number of rotatable bonds is 7. The van der Waals surface area contributed by atoms with Gasteiger partial charge in [-0.05, 0) is 39.9 Å². The number of carbonyl (C=O) groups excluding carboxylic acids is 2. The van der Waals surface area contributed by atoms with Crippen LogP contribution in [-0.4, -0.2) is 29.5 Å². The lowest BCUT2D eigenvalue weighted by molar-refractivity contribution is 0.0915. The fraction of sp³-hybridized carbons (Fsp3) is 0.125. The molecule has 1 amide bonds. The number of hydrogen-bond donors (Lipinski definition) is 2. The Morgan fingerprint density at radius 1 is 0.784 bits per heavy atom. The van der Waals surface area contributed by atoms with Gasteiger partial charge in [0.05, 0.1) is 5.69 Å². The third-order valence-corrected chi connectivity index (χ3v) is 7.03. The quantitative estimate of drug-likeness (QED) is 0.258. The number of H-pyrrole nitrogens is 1. The van der Waals surface area contributed by atoms with Crippen LogP contribution in [0.1, 0.15) is 33.1 Å². The van der Waals surface area contributed by atoms with E-state index in [-0.39, 0.29) is 18.3 Å². The number of amides is 1. The summed E-state index contributed by atoms with van der Waals surface area (Å²) in [6.45, 7) is 0.193. The molecule has 1 heterocycles. The van der Waals surface area contributed by atoms with E-state index in [9.17, 15) is 9.59 Å². The van der Waals surface area contributed by atoms with Gasteiger partial charge in [-0.15, -0.1) is 0 Å². The first-order valence-corrected chi connectivity index (χ1v) is 12.4. The van der Waals surface area contributed by atoms with Crippen LogP contribution in [0.2, 0.25) is 0 Å². The van der Waals surface area contributed by atoms with Crippen molar-refractivity contribution in [1.82, 2.24) is 10.3 Å². The maximum Gasteiger partial charge on any atom is 0.407 e. The first-order chi connectivity index (χ1) is 18.2. The number of fused-ring (bicyclic) bond motifs is 4. The van der Waals surface area contributed by atoms with Gasteiger partial charge in [-0.3, -0.25) is 4.79 Å². The molecule has 0 saturated heterocycles. The standard InChI is InChI=1S/C32H26N2O3/c35-31(30-19-22-12-4-9-17-28(22)33-30)29(18-21-10-2-1-3-11-21)34-32(36)37-20-27-25-15-7-5-13-23(25)24-14-6-8-16-26(24)27/h1-17,19,27,29,33H,18,20H2,(H,34,36)/t29-/m0/s1. The largest absolute Gasteiger partial charge is 0.449 e. The van der Waals surface area contributed by atoms with Crippen molar-refractivity contribution >= 4 is 22.8 Å². The highest BCUT2D eigenvalue weighted by Crippen LogP contribution is 2.44. The number of ether oxygens (including phenoxy) is 1. The summed E-state index contributed by atoms with van der Waals surface area (Å²) in [5.41, 5.74) is 6.92. The van der Waals surface area contributed by atoms with Crippen molar-refractivity contribution in [1.29, 1.82) is 0 Å². The highest BCUT2D eigenvalue weighted by Gasteiger charge is 2.30. The summed E-state index contributed by atoms with van der Waals surface area (Å²) in [4.78, 5) is 29.8. The van der Waals surface area contributed by atoms with Crippen molar-refractivity contribution in [2.45, 2.75) is 18.4 Å². The molecule has 1 atom stereocenters. The smallest absolute Gasteiger partial charge is 0.407 e. The molecular formula is C32H26N2O3. The molecule has 1 aliphatic rings. The van der Waals surface area contributed by atoms with Crippen LogP contribution in [0, 0.1) is 0 Å². The summed E-state index contributed by atoms with van der Waals surface area (Å²) in [5.74, 6) is -0.233. The van der Waals surface area contributed by atoms with Gasteiger partial charge >= 0.3 is 6.09 Å². The van der Waals surface area contributed by atoms with E-state index in [4.69, 9.17) is 4.74 Å². The zero-order valence-electron chi connectivity index (χ0n) is 20.2. The SMILES string of the molecule is O=C(N[C@@H](Cc1ccccc1)C(=O)c1cc2ccccc2[nH]1)OCC1c2ccccc2-c2ccccc21. The van der Waals surface area contributed by atoms with Gasteiger partial charge in [0.1, 0.15) is 12.6 Å². The number of hydrogen-bond acceptors (Lipinski definition) is 3. The summed E-state index contributed by atoms with van der Waals surface area (Å²) in [7, 11) is 0. The minimum atomic E-state index is -0.772. The minimum absolute atomic E-state index is 0.0462. The molecule has 2 N–H and O–H groups in total. The second-order valence-corrected chi connectivity index (χ2v) is 9.35. The van der Waals surface area contributed by atoms with E-state index in [1.54, 1.807) is 0 Å². The molecule has 5 aromatic rings. The van der Waals surface area contributed by atoms with Crippen LogP contribution in [0.25, 0.3) is 22.0 Å². The first-order valence-electron chi connectivity index (χ1n) is 12.4. The number of Topliss-reactive ketones (excluding diaryl/α,β-unsaturated/α-hetero) is 1. The van der Waals surface area contributed by atoms with Gasteiger partial charge in [0.2, 0.25) is 5.78 Å². The van der Waals surface area contributed by atoms with Crippen LogP contribution in [-0.2, 0) is 11.2 Å². The van der Waals surface area contributed by atoms with Gasteiger partial charge in [-0.1, -0.05) is 97.1 Å². The molecule has 0 radical (unpaired) electrons. The van der Waals surface area contributed by atoms with Crippen molar-refractivity contribution in [3.05, 3.63) is 132 Å². The Morgan fingerprint density at radius 2 is 1.41 bits per heavy atom. The van der Waals surface area contributed by atoms with Gasteiger partial charge in [0.15, 0.2) is 0 Å². The highest BCUT2D eigenvalue weighted by molar-refractivity contribution is 6.03. The lowest BCUT2D eigenvalue weighted by Crippen LogP contribution is -2.43. The van der Waals surface area contributed by atoms with E-state index in [2.05, 4.69) is 34.6 Å². The van der Waals surface area contributed by atoms with Gasteiger partial charge in [0, 0.05) is 23.2 Å². The van der Waals surface area contributed by atoms with Crippen LogP contribution >= 0.6 is 0 Å². The van der Waals surface area contributed by atoms with E-state index in [0.29, 0.717) is 12.1 Å². The Hall–Kier alpha value is -4.64.